The van der Waals surface area contributed by atoms with Crippen molar-refractivity contribution in [2.45, 2.75) is 32.7 Å². The fraction of sp³-hybridized carbons (Fsp3) is 0.227. The Kier molecular flexibility index (Phi) is 5.68. The molecule has 1 N–H and O–H groups in total. The van der Waals surface area contributed by atoms with E-state index in [1.807, 2.05) is 38.1 Å². The van der Waals surface area contributed by atoms with Crippen LogP contribution in [0.25, 0.3) is 11.3 Å². The molecule has 0 aliphatic carbocycles. The molecule has 3 aromatic rings. The van der Waals surface area contributed by atoms with Crippen LogP contribution in [-0.4, -0.2) is 15.7 Å². The van der Waals surface area contributed by atoms with Gasteiger partial charge in [-0.2, -0.15) is 5.10 Å². The highest BCUT2D eigenvalue weighted by Gasteiger charge is 2.19. The van der Waals surface area contributed by atoms with Crippen LogP contribution in [0.3, 0.4) is 0 Å². The molecule has 144 valence electrons. The molecule has 0 fully saturated rings. The van der Waals surface area contributed by atoms with E-state index in [4.69, 9.17) is 0 Å². The van der Waals surface area contributed by atoms with Crippen molar-refractivity contribution in [3.63, 3.8) is 0 Å². The average molecular weight is 379 g/mol. The Labute approximate surface area is 162 Å². The largest absolute Gasteiger partial charge is 0.324 e. The third kappa shape index (κ3) is 4.17. The first-order valence-corrected chi connectivity index (χ1v) is 9.12. The number of nitrogens with one attached hydrogen (secondary N) is 1. The molecule has 5 nitrogen and oxygen atoms in total. The minimum absolute atomic E-state index is 0.245. The molecule has 0 spiro atoms. The van der Waals surface area contributed by atoms with Crippen LogP contribution in [0.15, 0.2) is 65.5 Å². The summed E-state index contributed by atoms with van der Waals surface area (Å²) in [6.07, 6.45) is 0. The smallest absolute Gasteiger partial charge is 0.267 e. The lowest BCUT2D eigenvalue weighted by molar-refractivity contribution is -0.119. The van der Waals surface area contributed by atoms with E-state index in [0.29, 0.717) is 11.3 Å². The van der Waals surface area contributed by atoms with Crippen LogP contribution in [0.5, 0.6) is 0 Å². The maximum atomic E-state index is 13.1. The topological polar surface area (TPSA) is 64.0 Å². The highest BCUT2D eigenvalue weighted by Crippen LogP contribution is 2.24. The summed E-state index contributed by atoms with van der Waals surface area (Å²) in [7, 11) is 0. The standard InChI is InChI=1S/C22H22FN3O2/c1-14(2)18-6-4-5-7-20(18)24-22(28)15(3)26-21(27)13-12-19(25-26)16-8-10-17(23)11-9-16/h4-15H,1-3H3,(H,24,28). The van der Waals surface area contributed by atoms with E-state index >= 15 is 0 Å². The molecule has 0 saturated heterocycles. The normalized spacial score (nSPS) is 12.0. The third-order valence-corrected chi connectivity index (χ3v) is 4.55. The molecule has 3 rings (SSSR count). The molecule has 28 heavy (non-hydrogen) atoms. The number of aromatic nitrogens is 2. The monoisotopic (exact) mass is 379 g/mol. The van der Waals surface area contributed by atoms with Crippen LogP contribution in [-0.2, 0) is 4.79 Å². The second-order valence-corrected chi connectivity index (χ2v) is 6.92. The molecule has 0 saturated carbocycles. The number of benzene rings is 2. The Bertz CT molecular complexity index is 1040. The van der Waals surface area contributed by atoms with Gasteiger partial charge in [0, 0.05) is 17.3 Å². The lowest BCUT2D eigenvalue weighted by atomic mass is 10.0. The first kappa shape index (κ1) is 19.5. The van der Waals surface area contributed by atoms with Gasteiger partial charge in [-0.15, -0.1) is 0 Å². The SMILES string of the molecule is CC(C)c1ccccc1NC(=O)C(C)n1nc(-c2ccc(F)cc2)ccc1=O. The predicted octanol–water partition coefficient (Wildman–Crippen LogP) is 4.37. The Morgan fingerprint density at radius 1 is 1.00 bits per heavy atom. The van der Waals surface area contributed by atoms with E-state index in [-0.39, 0.29) is 23.2 Å². The van der Waals surface area contributed by atoms with Gasteiger partial charge >= 0.3 is 0 Å². The number of amides is 1. The van der Waals surface area contributed by atoms with Gasteiger partial charge in [-0.25, -0.2) is 9.07 Å². The third-order valence-electron chi connectivity index (χ3n) is 4.55. The summed E-state index contributed by atoms with van der Waals surface area (Å²) >= 11 is 0. The number of anilines is 1. The van der Waals surface area contributed by atoms with Gasteiger partial charge < -0.3 is 5.32 Å². The number of para-hydroxylation sites is 1. The molecular weight excluding hydrogens is 357 g/mol. The van der Waals surface area contributed by atoms with E-state index < -0.39 is 6.04 Å². The lowest BCUT2D eigenvalue weighted by Crippen LogP contribution is -2.33. The molecular formula is C22H22FN3O2. The summed E-state index contributed by atoms with van der Waals surface area (Å²) in [6.45, 7) is 5.72. The van der Waals surface area contributed by atoms with Crippen molar-refractivity contribution >= 4 is 11.6 Å². The zero-order chi connectivity index (χ0) is 20.3. The summed E-state index contributed by atoms with van der Waals surface area (Å²) in [5.74, 6) is -0.443. The maximum absolute atomic E-state index is 13.1. The van der Waals surface area contributed by atoms with Crippen molar-refractivity contribution in [1.29, 1.82) is 0 Å². The summed E-state index contributed by atoms with van der Waals surface area (Å²) in [4.78, 5) is 25.1. The molecule has 1 amide bonds. The van der Waals surface area contributed by atoms with Gasteiger partial charge in [0.2, 0.25) is 5.91 Å². The Hall–Kier alpha value is -3.28. The summed E-state index contributed by atoms with van der Waals surface area (Å²) in [5, 5.41) is 7.21. The van der Waals surface area contributed by atoms with Crippen molar-refractivity contribution in [2.75, 3.05) is 5.32 Å². The fourth-order valence-corrected chi connectivity index (χ4v) is 2.94. The van der Waals surface area contributed by atoms with Gasteiger partial charge in [0.25, 0.3) is 5.56 Å². The highest BCUT2D eigenvalue weighted by molar-refractivity contribution is 5.94. The quantitative estimate of drug-likeness (QED) is 0.716. The summed E-state index contributed by atoms with van der Waals surface area (Å²) < 4.78 is 14.3. The van der Waals surface area contributed by atoms with Crippen LogP contribution in [0, 0.1) is 5.82 Å². The van der Waals surface area contributed by atoms with E-state index in [9.17, 15) is 14.0 Å². The number of hydrogen-bond acceptors (Lipinski definition) is 3. The van der Waals surface area contributed by atoms with E-state index in [2.05, 4.69) is 10.4 Å². The molecule has 0 radical (unpaired) electrons. The van der Waals surface area contributed by atoms with Gasteiger partial charge in [0.15, 0.2) is 0 Å². The van der Waals surface area contributed by atoms with Crippen molar-refractivity contribution in [3.8, 4) is 11.3 Å². The predicted molar refractivity (Wildman–Crippen MR) is 108 cm³/mol. The first-order valence-electron chi connectivity index (χ1n) is 9.12. The Morgan fingerprint density at radius 2 is 1.68 bits per heavy atom. The van der Waals surface area contributed by atoms with Gasteiger partial charge in [-0.1, -0.05) is 32.0 Å². The van der Waals surface area contributed by atoms with Crippen LogP contribution in [0.2, 0.25) is 0 Å². The van der Waals surface area contributed by atoms with Crippen LogP contribution >= 0.6 is 0 Å². The highest BCUT2D eigenvalue weighted by atomic mass is 19.1. The van der Waals surface area contributed by atoms with Gasteiger partial charge in [-0.05, 0) is 54.8 Å². The van der Waals surface area contributed by atoms with Crippen molar-refractivity contribution < 1.29 is 9.18 Å². The van der Waals surface area contributed by atoms with Crippen molar-refractivity contribution in [2.24, 2.45) is 0 Å². The summed E-state index contributed by atoms with van der Waals surface area (Å²) in [5.41, 5.74) is 2.50. The van der Waals surface area contributed by atoms with Gasteiger partial charge in [-0.3, -0.25) is 9.59 Å². The van der Waals surface area contributed by atoms with Gasteiger partial charge in [0.05, 0.1) is 5.69 Å². The second kappa shape index (κ2) is 8.17. The van der Waals surface area contributed by atoms with Gasteiger partial charge in [0.1, 0.15) is 11.9 Å². The summed E-state index contributed by atoms with van der Waals surface area (Å²) in [6, 6.07) is 15.5. The van der Waals surface area contributed by atoms with Crippen LogP contribution in [0.1, 0.15) is 38.3 Å². The molecule has 1 atom stereocenters. The maximum Gasteiger partial charge on any atom is 0.267 e. The van der Waals surface area contributed by atoms with Crippen LogP contribution in [0.4, 0.5) is 10.1 Å². The number of nitrogens with zero attached hydrogens (tertiary/aromatic N) is 2. The fourth-order valence-electron chi connectivity index (χ4n) is 2.94. The minimum Gasteiger partial charge on any atom is -0.324 e. The number of rotatable bonds is 5. The number of carbonyl (C=O) groups is 1. The Morgan fingerprint density at radius 3 is 2.36 bits per heavy atom. The Balaban J connectivity index is 1.89. The van der Waals surface area contributed by atoms with Crippen LogP contribution < -0.4 is 10.9 Å². The number of hydrogen-bond donors (Lipinski definition) is 1. The molecule has 0 bridgehead atoms. The molecule has 1 heterocycles. The first-order chi connectivity index (χ1) is 13.4. The zero-order valence-corrected chi connectivity index (χ0v) is 16.0. The molecule has 1 aromatic heterocycles. The molecule has 1 unspecified atom stereocenters. The van der Waals surface area contributed by atoms with E-state index in [0.717, 1.165) is 15.9 Å². The molecule has 6 heteroatoms. The van der Waals surface area contributed by atoms with Crippen molar-refractivity contribution in [1.82, 2.24) is 9.78 Å². The van der Waals surface area contributed by atoms with Crippen molar-refractivity contribution in [3.05, 3.63) is 82.4 Å². The molecule has 0 aliphatic rings. The van der Waals surface area contributed by atoms with E-state index in [1.54, 1.807) is 25.1 Å². The average Bonchev–Trinajstić information content (AvgIpc) is 2.68. The lowest BCUT2D eigenvalue weighted by Gasteiger charge is -2.18. The number of carbonyl (C=O) groups excluding carboxylic acids is 1. The second-order valence-electron chi connectivity index (χ2n) is 6.92. The number of halogens is 1. The molecule has 0 aliphatic heterocycles. The minimum atomic E-state index is -0.812. The molecule has 2 aromatic carbocycles. The van der Waals surface area contributed by atoms with E-state index in [1.165, 1.54) is 18.2 Å². The zero-order valence-electron chi connectivity index (χ0n) is 16.0.